The van der Waals surface area contributed by atoms with Crippen LogP contribution in [0, 0.1) is 0 Å². The van der Waals surface area contributed by atoms with Gasteiger partial charge in [-0.2, -0.15) is 0 Å². The molecule has 0 fully saturated rings. The van der Waals surface area contributed by atoms with Crippen molar-refractivity contribution in [3.63, 3.8) is 0 Å². The molecular formula is C67H42N2O. The second-order valence-corrected chi connectivity index (χ2v) is 18.7. The van der Waals surface area contributed by atoms with Crippen LogP contribution in [0.4, 0.5) is 17.1 Å². The summed E-state index contributed by atoms with van der Waals surface area (Å²) in [6, 6.07) is 93.7. The van der Waals surface area contributed by atoms with Gasteiger partial charge in [0.2, 0.25) is 0 Å². The van der Waals surface area contributed by atoms with Gasteiger partial charge >= 0.3 is 0 Å². The Hall–Kier alpha value is -9.18. The van der Waals surface area contributed by atoms with E-state index < -0.39 is 5.41 Å². The average molecular weight is 891 g/mol. The number of benzene rings is 11. The van der Waals surface area contributed by atoms with Gasteiger partial charge in [0, 0.05) is 44.2 Å². The number of furan rings is 1. The normalized spacial score (nSPS) is 13.0. The van der Waals surface area contributed by atoms with Crippen molar-refractivity contribution in [1.29, 1.82) is 0 Å². The van der Waals surface area contributed by atoms with Gasteiger partial charge in [-0.15, -0.1) is 0 Å². The Bertz CT molecular complexity index is 4190. The highest BCUT2D eigenvalue weighted by Crippen LogP contribution is 2.63. The first-order chi connectivity index (χ1) is 34.7. The molecular weight excluding hydrogens is 849 g/mol. The Morgan fingerprint density at radius 1 is 0.314 bits per heavy atom. The second kappa shape index (κ2) is 14.9. The quantitative estimate of drug-likeness (QED) is 0.166. The number of anilines is 3. The number of fused-ring (bicyclic) bond motifs is 16. The van der Waals surface area contributed by atoms with Crippen molar-refractivity contribution >= 4 is 60.8 Å². The Morgan fingerprint density at radius 2 is 0.857 bits per heavy atom. The molecule has 0 atom stereocenters. The Balaban J connectivity index is 0.948. The van der Waals surface area contributed by atoms with Crippen molar-refractivity contribution < 1.29 is 4.42 Å². The maximum atomic E-state index is 6.33. The molecule has 0 aliphatic heterocycles. The van der Waals surface area contributed by atoms with E-state index in [0.29, 0.717) is 0 Å². The fraction of sp³-hybridized carbons (Fsp3) is 0.0149. The van der Waals surface area contributed by atoms with Crippen molar-refractivity contribution in [2.24, 2.45) is 0 Å². The highest BCUT2D eigenvalue weighted by atomic mass is 16.3. The molecule has 15 rings (SSSR count). The highest BCUT2D eigenvalue weighted by molar-refractivity contribution is 6.11. The van der Waals surface area contributed by atoms with Crippen LogP contribution < -0.4 is 4.90 Å². The molecule has 0 saturated carbocycles. The number of nitrogens with zero attached hydrogens (tertiary/aromatic N) is 2. The molecule has 0 unspecified atom stereocenters. The van der Waals surface area contributed by atoms with Crippen LogP contribution in [0.5, 0.6) is 0 Å². The standard InChI is InChI=1S/C67H42N2O/c1-2-16-43(17-3-1)44-30-38-64-56(40-44)54-22-8-14-28-63(54)69(64)47-34-32-46(33-35-47)68(62-27-13-7-18-49(62)45-31-39-66-57(41-45)55-23-9-15-29-65(55)70-66)48-36-37-53-52-21-6-12-26-60(52)67(61(53)42-48)58-24-10-4-19-50(58)51-20-5-11-25-59(51)67/h1-42H. The molecule has 70 heavy (non-hydrogen) atoms. The maximum absolute atomic E-state index is 6.33. The summed E-state index contributed by atoms with van der Waals surface area (Å²) < 4.78 is 8.75. The van der Waals surface area contributed by atoms with E-state index in [-0.39, 0.29) is 0 Å². The molecule has 3 heteroatoms. The van der Waals surface area contributed by atoms with Crippen LogP contribution in [0.25, 0.3) is 93.9 Å². The van der Waals surface area contributed by atoms with Crippen LogP contribution in [-0.4, -0.2) is 4.57 Å². The fourth-order valence-corrected chi connectivity index (χ4v) is 12.3. The van der Waals surface area contributed by atoms with E-state index in [2.05, 4.69) is 258 Å². The van der Waals surface area contributed by atoms with Crippen LogP contribution in [0.3, 0.4) is 0 Å². The average Bonchev–Trinajstić information content (AvgIpc) is 4.16. The van der Waals surface area contributed by atoms with Gasteiger partial charge in [-0.05, 0) is 140 Å². The third kappa shape index (κ3) is 5.46. The van der Waals surface area contributed by atoms with E-state index in [1.54, 1.807) is 0 Å². The second-order valence-electron chi connectivity index (χ2n) is 18.7. The maximum Gasteiger partial charge on any atom is 0.135 e. The van der Waals surface area contributed by atoms with Gasteiger partial charge in [0.05, 0.1) is 22.1 Å². The smallest absolute Gasteiger partial charge is 0.135 e. The molecule has 0 amide bonds. The molecule has 13 aromatic rings. The van der Waals surface area contributed by atoms with Crippen molar-refractivity contribution in [3.05, 3.63) is 277 Å². The Kier molecular flexibility index (Phi) is 8.28. The molecule has 11 aromatic carbocycles. The Labute approximate surface area is 405 Å². The topological polar surface area (TPSA) is 21.3 Å². The lowest BCUT2D eigenvalue weighted by Crippen LogP contribution is -2.26. The van der Waals surface area contributed by atoms with E-state index in [4.69, 9.17) is 4.42 Å². The van der Waals surface area contributed by atoms with Crippen LogP contribution >= 0.6 is 0 Å². The monoisotopic (exact) mass is 890 g/mol. The summed E-state index contributed by atoms with van der Waals surface area (Å²) in [6.45, 7) is 0. The third-order valence-corrected chi connectivity index (χ3v) is 15.2. The molecule has 2 aliphatic rings. The van der Waals surface area contributed by atoms with Gasteiger partial charge in [-0.3, -0.25) is 0 Å². The van der Waals surface area contributed by atoms with Crippen LogP contribution in [0.1, 0.15) is 22.3 Å². The molecule has 326 valence electrons. The van der Waals surface area contributed by atoms with Gasteiger partial charge < -0.3 is 13.9 Å². The molecule has 0 bridgehead atoms. The van der Waals surface area contributed by atoms with Gasteiger partial charge in [0.15, 0.2) is 0 Å². The molecule has 2 aliphatic carbocycles. The zero-order valence-corrected chi connectivity index (χ0v) is 38.1. The van der Waals surface area contributed by atoms with Gasteiger partial charge in [0.1, 0.15) is 11.2 Å². The van der Waals surface area contributed by atoms with Gasteiger partial charge in [0.25, 0.3) is 0 Å². The molecule has 0 saturated heterocycles. The van der Waals surface area contributed by atoms with Gasteiger partial charge in [-0.1, -0.05) is 176 Å². The van der Waals surface area contributed by atoms with E-state index in [0.717, 1.165) is 55.8 Å². The fourth-order valence-electron chi connectivity index (χ4n) is 12.3. The van der Waals surface area contributed by atoms with Crippen LogP contribution in [-0.2, 0) is 5.41 Å². The third-order valence-electron chi connectivity index (χ3n) is 15.2. The first kappa shape index (κ1) is 38.9. The first-order valence-corrected chi connectivity index (χ1v) is 24.2. The lowest BCUT2D eigenvalue weighted by molar-refractivity contribution is 0.669. The number of para-hydroxylation sites is 3. The van der Waals surface area contributed by atoms with Crippen molar-refractivity contribution in [2.75, 3.05) is 4.90 Å². The van der Waals surface area contributed by atoms with Crippen molar-refractivity contribution in [2.45, 2.75) is 5.41 Å². The largest absolute Gasteiger partial charge is 0.456 e. The molecule has 0 N–H and O–H groups in total. The molecule has 0 radical (unpaired) electrons. The van der Waals surface area contributed by atoms with E-state index >= 15 is 0 Å². The van der Waals surface area contributed by atoms with E-state index in [1.165, 1.54) is 77.4 Å². The lowest BCUT2D eigenvalue weighted by atomic mass is 9.70. The zero-order valence-electron chi connectivity index (χ0n) is 38.1. The number of hydrogen-bond donors (Lipinski definition) is 0. The van der Waals surface area contributed by atoms with Crippen LogP contribution in [0.15, 0.2) is 259 Å². The minimum absolute atomic E-state index is 0.478. The molecule has 2 aromatic heterocycles. The summed E-state index contributed by atoms with van der Waals surface area (Å²) in [5, 5.41) is 4.70. The van der Waals surface area contributed by atoms with Gasteiger partial charge in [-0.25, -0.2) is 0 Å². The summed E-state index contributed by atoms with van der Waals surface area (Å²) in [5.74, 6) is 0. The summed E-state index contributed by atoms with van der Waals surface area (Å²) in [7, 11) is 0. The number of rotatable bonds is 6. The molecule has 1 spiro atoms. The predicted octanol–water partition coefficient (Wildman–Crippen LogP) is 17.8. The van der Waals surface area contributed by atoms with Crippen LogP contribution in [0.2, 0.25) is 0 Å². The minimum Gasteiger partial charge on any atom is -0.456 e. The summed E-state index contributed by atoms with van der Waals surface area (Å²) in [6.07, 6.45) is 0. The van der Waals surface area contributed by atoms with E-state index in [9.17, 15) is 0 Å². The first-order valence-electron chi connectivity index (χ1n) is 24.2. The lowest BCUT2D eigenvalue weighted by Gasteiger charge is -2.32. The molecule has 2 heterocycles. The summed E-state index contributed by atoms with van der Waals surface area (Å²) in [4.78, 5) is 2.47. The summed E-state index contributed by atoms with van der Waals surface area (Å²) in [5.41, 5.74) is 23.1. The van der Waals surface area contributed by atoms with Crippen molar-refractivity contribution in [3.8, 4) is 50.2 Å². The SMILES string of the molecule is c1ccc(-c2ccc3c(c2)c2ccccc2n3-c2ccc(N(c3ccc4c(c3)C3(c5ccccc5-c5ccccc53)c3ccccc3-4)c3ccccc3-c3ccc4oc5ccccc5c4c3)cc2)cc1. The molecule has 3 nitrogen and oxygen atoms in total. The number of hydrogen-bond acceptors (Lipinski definition) is 2. The zero-order chi connectivity index (χ0) is 45.9. The minimum atomic E-state index is -0.478. The Morgan fingerprint density at radius 3 is 1.60 bits per heavy atom. The van der Waals surface area contributed by atoms with E-state index in [1.807, 2.05) is 6.07 Å². The predicted molar refractivity (Wildman–Crippen MR) is 290 cm³/mol. The highest BCUT2D eigenvalue weighted by Gasteiger charge is 2.51. The summed E-state index contributed by atoms with van der Waals surface area (Å²) >= 11 is 0. The number of aromatic nitrogens is 1. The van der Waals surface area contributed by atoms with Crippen molar-refractivity contribution in [1.82, 2.24) is 4.57 Å².